The fraction of sp³-hybridized carbons (Fsp3) is 0.727. The average molecular weight is 252 g/mol. The summed E-state index contributed by atoms with van der Waals surface area (Å²) < 4.78 is 5.34. The van der Waals surface area contributed by atoms with Crippen LogP contribution in [0.15, 0.2) is 0 Å². The molecule has 7 nitrogen and oxygen atoms in total. The summed E-state index contributed by atoms with van der Waals surface area (Å²) in [5.74, 6) is 1.33. The van der Waals surface area contributed by atoms with Crippen molar-refractivity contribution in [2.45, 2.75) is 31.4 Å². The number of ether oxygens (including phenoxy) is 1. The van der Waals surface area contributed by atoms with Gasteiger partial charge in [-0.25, -0.2) is 0 Å². The van der Waals surface area contributed by atoms with Crippen LogP contribution in [0.1, 0.15) is 19.3 Å². The van der Waals surface area contributed by atoms with Crippen LogP contribution in [0.5, 0.6) is 0 Å². The second kappa shape index (κ2) is 5.34. The van der Waals surface area contributed by atoms with E-state index in [0.29, 0.717) is 24.0 Å². The molecule has 2 rings (SSSR count). The van der Waals surface area contributed by atoms with E-state index in [1.807, 2.05) is 14.1 Å². The van der Waals surface area contributed by atoms with Crippen molar-refractivity contribution < 1.29 is 4.74 Å². The zero-order valence-electron chi connectivity index (χ0n) is 11.1. The van der Waals surface area contributed by atoms with Gasteiger partial charge in [-0.3, -0.25) is 0 Å². The Morgan fingerprint density at radius 2 is 2.06 bits per heavy atom. The van der Waals surface area contributed by atoms with E-state index >= 15 is 0 Å². The van der Waals surface area contributed by atoms with E-state index in [1.54, 1.807) is 12.0 Å². The summed E-state index contributed by atoms with van der Waals surface area (Å²) in [5, 5.41) is 3.29. The Balaban J connectivity index is 2.05. The Kier molecular flexibility index (Phi) is 3.81. The number of methoxy groups -OCH3 is 1. The Labute approximate surface area is 107 Å². The van der Waals surface area contributed by atoms with Crippen LogP contribution in [0.3, 0.4) is 0 Å². The monoisotopic (exact) mass is 252 g/mol. The van der Waals surface area contributed by atoms with E-state index in [-0.39, 0.29) is 5.95 Å². The van der Waals surface area contributed by atoms with Crippen LogP contribution >= 0.6 is 0 Å². The number of rotatable bonds is 4. The summed E-state index contributed by atoms with van der Waals surface area (Å²) in [5.41, 5.74) is 5.67. The molecule has 0 amide bonds. The molecule has 2 atom stereocenters. The third-order valence-electron chi connectivity index (χ3n) is 3.09. The van der Waals surface area contributed by atoms with Crippen molar-refractivity contribution in [1.82, 2.24) is 15.0 Å². The first-order chi connectivity index (χ1) is 8.58. The SMILES string of the molecule is COC1CCC(Nc2nc(N)nc(N(C)C)n2)C1. The lowest BCUT2D eigenvalue weighted by atomic mass is 10.2. The van der Waals surface area contributed by atoms with Gasteiger partial charge < -0.3 is 20.7 Å². The van der Waals surface area contributed by atoms with Crippen molar-refractivity contribution in [1.29, 1.82) is 0 Å². The Bertz CT molecular complexity index is 411. The van der Waals surface area contributed by atoms with Gasteiger partial charge in [0.15, 0.2) is 0 Å². The van der Waals surface area contributed by atoms with Crippen LogP contribution in [0.2, 0.25) is 0 Å². The van der Waals surface area contributed by atoms with E-state index in [0.717, 1.165) is 19.3 Å². The Morgan fingerprint density at radius 3 is 2.67 bits per heavy atom. The van der Waals surface area contributed by atoms with Crippen molar-refractivity contribution >= 4 is 17.8 Å². The summed E-state index contributed by atoms with van der Waals surface area (Å²) in [4.78, 5) is 14.3. The molecule has 1 aliphatic rings. The number of nitrogens with one attached hydrogen (secondary N) is 1. The van der Waals surface area contributed by atoms with Gasteiger partial charge in [0.2, 0.25) is 17.8 Å². The first-order valence-electron chi connectivity index (χ1n) is 6.06. The maximum Gasteiger partial charge on any atom is 0.231 e. The predicted molar refractivity (Wildman–Crippen MR) is 70.6 cm³/mol. The number of hydrogen-bond acceptors (Lipinski definition) is 7. The van der Waals surface area contributed by atoms with Crippen molar-refractivity contribution in [3.8, 4) is 0 Å². The van der Waals surface area contributed by atoms with Gasteiger partial charge in [0.05, 0.1) is 6.10 Å². The van der Waals surface area contributed by atoms with Gasteiger partial charge >= 0.3 is 0 Å². The highest BCUT2D eigenvalue weighted by Gasteiger charge is 2.25. The lowest BCUT2D eigenvalue weighted by molar-refractivity contribution is 0.108. The number of nitrogens with two attached hydrogens (primary N) is 1. The van der Waals surface area contributed by atoms with Gasteiger partial charge in [0.25, 0.3) is 0 Å². The molecule has 100 valence electrons. The summed E-state index contributed by atoms with van der Waals surface area (Å²) in [6.07, 6.45) is 3.42. The average Bonchev–Trinajstić information content (AvgIpc) is 2.76. The lowest BCUT2D eigenvalue weighted by Gasteiger charge is -2.15. The summed E-state index contributed by atoms with van der Waals surface area (Å²) >= 11 is 0. The molecule has 1 heterocycles. The minimum Gasteiger partial charge on any atom is -0.381 e. The normalized spacial score (nSPS) is 23.1. The number of hydrogen-bond donors (Lipinski definition) is 2. The van der Waals surface area contributed by atoms with Gasteiger partial charge in [0.1, 0.15) is 0 Å². The summed E-state index contributed by atoms with van der Waals surface area (Å²) in [7, 11) is 5.49. The smallest absolute Gasteiger partial charge is 0.231 e. The first-order valence-corrected chi connectivity index (χ1v) is 6.06. The third kappa shape index (κ3) is 2.98. The maximum atomic E-state index is 5.67. The first kappa shape index (κ1) is 12.8. The van der Waals surface area contributed by atoms with Crippen molar-refractivity contribution in [3.63, 3.8) is 0 Å². The standard InChI is InChI=1S/C11H20N6O/c1-17(2)11-15-9(12)14-10(16-11)13-7-4-5-8(6-7)18-3/h7-8H,4-6H2,1-3H3,(H3,12,13,14,15,16). The fourth-order valence-corrected chi connectivity index (χ4v) is 2.11. The molecule has 0 spiro atoms. The van der Waals surface area contributed by atoms with Crippen LogP contribution in [-0.4, -0.2) is 48.3 Å². The topological polar surface area (TPSA) is 89.2 Å². The maximum absolute atomic E-state index is 5.67. The predicted octanol–water partition coefficient (Wildman–Crippen LogP) is 0.499. The lowest BCUT2D eigenvalue weighted by Crippen LogP contribution is -2.21. The van der Waals surface area contributed by atoms with Crippen molar-refractivity contribution in [3.05, 3.63) is 0 Å². The van der Waals surface area contributed by atoms with Gasteiger partial charge in [0, 0.05) is 27.2 Å². The second-order valence-corrected chi connectivity index (χ2v) is 4.72. The molecule has 1 saturated carbocycles. The Hall–Kier alpha value is -1.63. The molecule has 1 aromatic heterocycles. The van der Waals surface area contributed by atoms with Crippen LogP contribution < -0.4 is 16.0 Å². The van der Waals surface area contributed by atoms with Crippen LogP contribution in [0.25, 0.3) is 0 Å². The van der Waals surface area contributed by atoms with E-state index in [2.05, 4.69) is 20.3 Å². The molecular formula is C11H20N6O. The molecule has 1 aliphatic carbocycles. The molecule has 0 radical (unpaired) electrons. The van der Waals surface area contributed by atoms with E-state index in [4.69, 9.17) is 10.5 Å². The third-order valence-corrected chi connectivity index (χ3v) is 3.09. The molecule has 1 aromatic rings. The van der Waals surface area contributed by atoms with E-state index in [1.165, 1.54) is 0 Å². The van der Waals surface area contributed by atoms with Gasteiger partial charge in [-0.05, 0) is 19.3 Å². The van der Waals surface area contributed by atoms with Gasteiger partial charge in [-0.1, -0.05) is 0 Å². The molecule has 18 heavy (non-hydrogen) atoms. The van der Waals surface area contributed by atoms with Crippen LogP contribution in [-0.2, 0) is 4.74 Å². The minimum absolute atomic E-state index is 0.234. The summed E-state index contributed by atoms with van der Waals surface area (Å²) in [6, 6.07) is 0.340. The molecular weight excluding hydrogens is 232 g/mol. The minimum atomic E-state index is 0.234. The highest BCUT2D eigenvalue weighted by Crippen LogP contribution is 2.24. The molecule has 0 aliphatic heterocycles. The van der Waals surface area contributed by atoms with Gasteiger partial charge in [-0.15, -0.1) is 0 Å². The van der Waals surface area contributed by atoms with Crippen molar-refractivity contribution in [2.24, 2.45) is 0 Å². The van der Waals surface area contributed by atoms with Crippen LogP contribution in [0, 0.1) is 0 Å². The fourth-order valence-electron chi connectivity index (χ4n) is 2.11. The highest BCUT2D eigenvalue weighted by molar-refractivity contribution is 5.41. The molecule has 1 fully saturated rings. The van der Waals surface area contributed by atoms with Crippen LogP contribution in [0.4, 0.5) is 17.8 Å². The van der Waals surface area contributed by atoms with E-state index < -0.39 is 0 Å². The number of aromatic nitrogens is 3. The zero-order chi connectivity index (χ0) is 13.1. The second-order valence-electron chi connectivity index (χ2n) is 4.72. The van der Waals surface area contributed by atoms with Crippen molar-refractivity contribution in [2.75, 3.05) is 37.2 Å². The molecule has 0 saturated heterocycles. The Morgan fingerprint density at radius 1 is 1.28 bits per heavy atom. The quantitative estimate of drug-likeness (QED) is 0.806. The van der Waals surface area contributed by atoms with Gasteiger partial charge in [-0.2, -0.15) is 15.0 Å². The molecule has 7 heteroatoms. The zero-order valence-corrected chi connectivity index (χ0v) is 11.1. The molecule has 3 N–H and O–H groups in total. The van der Waals surface area contributed by atoms with E-state index in [9.17, 15) is 0 Å². The number of anilines is 3. The highest BCUT2D eigenvalue weighted by atomic mass is 16.5. The number of nitrogen functional groups attached to an aromatic ring is 1. The largest absolute Gasteiger partial charge is 0.381 e. The summed E-state index contributed by atoms with van der Waals surface area (Å²) in [6.45, 7) is 0. The molecule has 2 unspecified atom stereocenters. The molecule has 0 aromatic carbocycles. The number of nitrogens with zero attached hydrogens (tertiary/aromatic N) is 4. The molecule has 0 bridgehead atoms.